The highest BCUT2D eigenvalue weighted by molar-refractivity contribution is 5.75. The van der Waals surface area contributed by atoms with Gasteiger partial charge in [0.05, 0.1) is 19.1 Å². The van der Waals surface area contributed by atoms with Crippen LogP contribution < -0.4 is 10.6 Å². The summed E-state index contributed by atoms with van der Waals surface area (Å²) in [6, 6.07) is -0.376. The maximum atomic E-state index is 11.2. The lowest BCUT2D eigenvalue weighted by molar-refractivity contribution is -0.140. The molecule has 7 heteroatoms. The van der Waals surface area contributed by atoms with Crippen molar-refractivity contribution in [2.45, 2.75) is 6.92 Å². The molecule has 0 fully saturated rings. The minimum atomic E-state index is -0.928. The lowest BCUT2D eigenvalue weighted by atomic mass is 10.2. The van der Waals surface area contributed by atoms with Crippen LogP contribution in [0.5, 0.6) is 0 Å². The second-order valence-electron chi connectivity index (χ2n) is 4.29. The average molecular weight is 261 g/mol. The number of likely N-dealkylation sites (N-methyl/N-ethyl adjacent to an activating group) is 1. The minimum absolute atomic E-state index is 0.114. The Bertz CT molecular complexity index is 259. The van der Waals surface area contributed by atoms with Crippen molar-refractivity contribution in [2.24, 2.45) is 5.92 Å². The molecule has 0 aliphatic rings. The second-order valence-corrected chi connectivity index (χ2v) is 4.29. The molecule has 7 nitrogen and oxygen atoms in total. The van der Waals surface area contributed by atoms with Crippen LogP contribution >= 0.6 is 0 Å². The SMILES string of the molecule is CC(CNC(=O)NCCOCCN(C)C)C(=O)O. The van der Waals surface area contributed by atoms with Gasteiger partial charge >= 0.3 is 12.0 Å². The Morgan fingerprint density at radius 1 is 1.28 bits per heavy atom. The second kappa shape index (κ2) is 9.67. The van der Waals surface area contributed by atoms with E-state index in [-0.39, 0.29) is 12.6 Å². The third-order valence-corrected chi connectivity index (χ3v) is 2.21. The molecule has 0 rings (SSSR count). The van der Waals surface area contributed by atoms with E-state index in [1.165, 1.54) is 6.92 Å². The molecule has 0 bridgehead atoms. The number of carboxylic acids is 1. The highest BCUT2D eigenvalue weighted by atomic mass is 16.5. The zero-order chi connectivity index (χ0) is 14.0. The van der Waals surface area contributed by atoms with Crippen LogP contribution in [0.25, 0.3) is 0 Å². The van der Waals surface area contributed by atoms with Gasteiger partial charge in [0.15, 0.2) is 0 Å². The number of carbonyl (C=O) groups excluding carboxylic acids is 1. The molecule has 0 aliphatic carbocycles. The molecular weight excluding hydrogens is 238 g/mol. The van der Waals surface area contributed by atoms with Crippen molar-refractivity contribution in [3.8, 4) is 0 Å². The van der Waals surface area contributed by atoms with E-state index < -0.39 is 11.9 Å². The largest absolute Gasteiger partial charge is 0.481 e. The van der Waals surface area contributed by atoms with Crippen LogP contribution in [-0.4, -0.2) is 69.0 Å². The van der Waals surface area contributed by atoms with Gasteiger partial charge in [-0.15, -0.1) is 0 Å². The Morgan fingerprint density at radius 2 is 1.94 bits per heavy atom. The van der Waals surface area contributed by atoms with E-state index >= 15 is 0 Å². The maximum absolute atomic E-state index is 11.2. The molecule has 0 aliphatic heterocycles. The highest BCUT2D eigenvalue weighted by Crippen LogP contribution is 1.90. The Morgan fingerprint density at radius 3 is 2.50 bits per heavy atom. The topological polar surface area (TPSA) is 90.9 Å². The van der Waals surface area contributed by atoms with Crippen LogP contribution in [0.15, 0.2) is 0 Å². The standard InChI is InChI=1S/C11H23N3O4/c1-9(10(15)16)8-13-11(17)12-4-6-18-7-5-14(2)3/h9H,4-8H2,1-3H3,(H,15,16)(H2,12,13,17). The maximum Gasteiger partial charge on any atom is 0.314 e. The molecule has 0 aromatic heterocycles. The first kappa shape index (κ1) is 16.7. The molecule has 1 unspecified atom stereocenters. The van der Waals surface area contributed by atoms with Crippen molar-refractivity contribution >= 4 is 12.0 Å². The number of carbonyl (C=O) groups is 2. The van der Waals surface area contributed by atoms with Gasteiger partial charge in [-0.2, -0.15) is 0 Å². The van der Waals surface area contributed by atoms with Crippen LogP contribution in [0, 0.1) is 5.92 Å². The van der Waals surface area contributed by atoms with Gasteiger partial charge in [-0.05, 0) is 14.1 Å². The molecule has 2 amide bonds. The van der Waals surface area contributed by atoms with Crippen molar-refractivity contribution in [1.29, 1.82) is 0 Å². The number of hydrogen-bond donors (Lipinski definition) is 3. The average Bonchev–Trinajstić information content (AvgIpc) is 2.29. The molecule has 0 aromatic rings. The lowest BCUT2D eigenvalue weighted by Gasteiger charge is -2.11. The summed E-state index contributed by atoms with van der Waals surface area (Å²) in [6.45, 7) is 3.95. The summed E-state index contributed by atoms with van der Waals surface area (Å²) in [5, 5.41) is 13.7. The first-order valence-electron chi connectivity index (χ1n) is 5.90. The zero-order valence-electron chi connectivity index (χ0n) is 11.2. The summed E-state index contributed by atoms with van der Waals surface area (Å²) in [4.78, 5) is 23.7. The van der Waals surface area contributed by atoms with Crippen LogP contribution in [0.1, 0.15) is 6.92 Å². The summed E-state index contributed by atoms with van der Waals surface area (Å²) in [6.07, 6.45) is 0. The number of rotatable bonds is 9. The van der Waals surface area contributed by atoms with Crippen LogP contribution in [0.2, 0.25) is 0 Å². The third kappa shape index (κ3) is 9.86. The Hall–Kier alpha value is -1.34. The zero-order valence-corrected chi connectivity index (χ0v) is 11.2. The summed E-state index contributed by atoms with van der Waals surface area (Å²) in [5.74, 6) is -1.52. The molecule has 106 valence electrons. The molecule has 0 heterocycles. The summed E-state index contributed by atoms with van der Waals surface area (Å²) >= 11 is 0. The van der Waals surface area contributed by atoms with Gasteiger partial charge in [-0.3, -0.25) is 4.79 Å². The van der Waals surface area contributed by atoms with E-state index in [9.17, 15) is 9.59 Å². The first-order chi connectivity index (χ1) is 8.43. The number of urea groups is 1. The number of hydrogen-bond acceptors (Lipinski definition) is 4. The highest BCUT2D eigenvalue weighted by Gasteiger charge is 2.11. The fourth-order valence-corrected chi connectivity index (χ4v) is 0.982. The Labute approximate surface area is 107 Å². The molecule has 0 saturated carbocycles. The van der Waals surface area contributed by atoms with Gasteiger partial charge in [0.1, 0.15) is 0 Å². The first-order valence-corrected chi connectivity index (χ1v) is 5.90. The van der Waals surface area contributed by atoms with Crippen molar-refractivity contribution < 1.29 is 19.4 Å². The van der Waals surface area contributed by atoms with Gasteiger partial charge in [-0.1, -0.05) is 6.92 Å². The predicted molar refractivity (Wildman–Crippen MR) is 67.6 cm³/mol. The number of nitrogens with zero attached hydrogens (tertiary/aromatic N) is 1. The third-order valence-electron chi connectivity index (χ3n) is 2.21. The molecule has 0 saturated heterocycles. The molecule has 0 spiro atoms. The minimum Gasteiger partial charge on any atom is -0.481 e. The Kier molecular flexibility index (Phi) is 8.95. The molecule has 1 atom stereocenters. The van der Waals surface area contributed by atoms with Crippen LogP contribution in [0.3, 0.4) is 0 Å². The smallest absolute Gasteiger partial charge is 0.314 e. The normalized spacial score (nSPS) is 12.2. The lowest BCUT2D eigenvalue weighted by Crippen LogP contribution is -2.40. The van der Waals surface area contributed by atoms with E-state index in [1.54, 1.807) is 0 Å². The monoisotopic (exact) mass is 261 g/mol. The van der Waals surface area contributed by atoms with Crippen molar-refractivity contribution in [1.82, 2.24) is 15.5 Å². The van der Waals surface area contributed by atoms with E-state index in [4.69, 9.17) is 9.84 Å². The van der Waals surface area contributed by atoms with Crippen molar-refractivity contribution in [3.05, 3.63) is 0 Å². The summed E-state index contributed by atoms with van der Waals surface area (Å²) in [7, 11) is 3.91. The fraction of sp³-hybridized carbons (Fsp3) is 0.818. The number of carboxylic acid groups (broad SMARTS) is 1. The van der Waals surface area contributed by atoms with Crippen molar-refractivity contribution in [3.63, 3.8) is 0 Å². The molecular formula is C11H23N3O4. The van der Waals surface area contributed by atoms with Gasteiger partial charge in [-0.25, -0.2) is 4.79 Å². The summed E-state index contributed by atoms with van der Waals surface area (Å²) in [5.41, 5.74) is 0. The van der Waals surface area contributed by atoms with Gasteiger partial charge < -0.3 is 25.4 Å². The molecule has 0 aromatic carbocycles. The Balaban J connectivity index is 3.40. The quantitative estimate of drug-likeness (QED) is 0.491. The van der Waals surface area contributed by atoms with Crippen LogP contribution in [-0.2, 0) is 9.53 Å². The van der Waals surface area contributed by atoms with Gasteiger partial charge in [0.2, 0.25) is 0 Å². The summed E-state index contributed by atoms with van der Waals surface area (Å²) < 4.78 is 5.28. The number of nitrogens with one attached hydrogen (secondary N) is 2. The molecule has 0 radical (unpaired) electrons. The van der Waals surface area contributed by atoms with Gasteiger partial charge in [0, 0.05) is 19.6 Å². The van der Waals surface area contributed by atoms with E-state index in [2.05, 4.69) is 10.6 Å². The predicted octanol–water partition coefficient (Wildman–Crippen LogP) is -0.415. The van der Waals surface area contributed by atoms with Crippen LogP contribution in [0.4, 0.5) is 4.79 Å². The number of ether oxygens (including phenoxy) is 1. The number of amides is 2. The molecule has 3 N–H and O–H groups in total. The molecule has 18 heavy (non-hydrogen) atoms. The number of aliphatic carboxylic acids is 1. The van der Waals surface area contributed by atoms with Gasteiger partial charge in [0.25, 0.3) is 0 Å². The fourth-order valence-electron chi connectivity index (χ4n) is 0.982. The van der Waals surface area contributed by atoms with E-state index in [0.717, 1.165) is 6.54 Å². The van der Waals surface area contributed by atoms with E-state index in [0.29, 0.717) is 19.8 Å². The van der Waals surface area contributed by atoms with E-state index in [1.807, 2.05) is 19.0 Å². The van der Waals surface area contributed by atoms with Crippen molar-refractivity contribution in [2.75, 3.05) is 46.9 Å².